The lowest BCUT2D eigenvalue weighted by molar-refractivity contribution is -0.124. The van der Waals surface area contributed by atoms with Gasteiger partial charge in [-0.1, -0.05) is 0 Å². The molecule has 0 spiro atoms. The van der Waals surface area contributed by atoms with Gasteiger partial charge in [-0.05, 0) is 30.7 Å². The fourth-order valence-corrected chi connectivity index (χ4v) is 1.73. The minimum absolute atomic E-state index is 0.00764. The summed E-state index contributed by atoms with van der Waals surface area (Å²) in [5.41, 5.74) is 0. The fraction of sp³-hybridized carbons (Fsp3) is 0.462. The van der Waals surface area contributed by atoms with Crippen LogP contribution in [0.25, 0.3) is 0 Å². The topological polar surface area (TPSA) is 44.8 Å². The van der Waals surface area contributed by atoms with Crippen LogP contribution in [0.15, 0.2) is 24.3 Å². The standard InChI is InChI=1S/C13H16O4/c1-15-11-2-4-12(5-3-11)17-9-13(14)10-6-7-16-8-10/h2-5,10H,6-9H2,1H3. The van der Waals surface area contributed by atoms with Crippen LogP contribution >= 0.6 is 0 Å². The van der Waals surface area contributed by atoms with Gasteiger partial charge in [-0.25, -0.2) is 0 Å². The normalized spacial score (nSPS) is 19.0. The zero-order valence-electron chi connectivity index (χ0n) is 9.85. The van der Waals surface area contributed by atoms with Crippen LogP contribution in [0.5, 0.6) is 11.5 Å². The Morgan fingerprint density at radius 3 is 2.65 bits per heavy atom. The maximum atomic E-state index is 11.7. The highest BCUT2D eigenvalue weighted by Crippen LogP contribution is 2.18. The third-order valence-electron chi connectivity index (χ3n) is 2.83. The summed E-state index contributed by atoms with van der Waals surface area (Å²) in [5.74, 6) is 1.57. The van der Waals surface area contributed by atoms with Crippen LogP contribution in [0.1, 0.15) is 6.42 Å². The second-order valence-corrected chi connectivity index (χ2v) is 3.99. The molecule has 1 fully saturated rings. The summed E-state index contributed by atoms with van der Waals surface area (Å²) < 4.78 is 15.6. The molecular formula is C13H16O4. The zero-order chi connectivity index (χ0) is 12.1. The molecule has 1 aliphatic heterocycles. The molecule has 1 unspecified atom stereocenters. The van der Waals surface area contributed by atoms with Gasteiger partial charge >= 0.3 is 0 Å². The highest BCUT2D eigenvalue weighted by Gasteiger charge is 2.23. The molecule has 92 valence electrons. The minimum atomic E-state index is 0.00764. The van der Waals surface area contributed by atoms with Gasteiger partial charge in [-0.2, -0.15) is 0 Å². The molecule has 4 nitrogen and oxygen atoms in total. The SMILES string of the molecule is COc1ccc(OCC(=O)C2CCOC2)cc1. The summed E-state index contributed by atoms with van der Waals surface area (Å²) >= 11 is 0. The predicted octanol–water partition coefficient (Wildman–Crippen LogP) is 1.68. The van der Waals surface area contributed by atoms with Crippen LogP contribution in [0.2, 0.25) is 0 Å². The quantitative estimate of drug-likeness (QED) is 0.780. The van der Waals surface area contributed by atoms with E-state index in [0.717, 1.165) is 12.2 Å². The molecule has 0 N–H and O–H groups in total. The first-order chi connectivity index (χ1) is 8.29. The van der Waals surface area contributed by atoms with Crippen LogP contribution < -0.4 is 9.47 Å². The Hall–Kier alpha value is -1.55. The first-order valence-electron chi connectivity index (χ1n) is 5.67. The van der Waals surface area contributed by atoms with Crippen molar-refractivity contribution in [2.24, 2.45) is 5.92 Å². The Kier molecular flexibility index (Phi) is 3.98. The molecule has 1 aromatic carbocycles. The smallest absolute Gasteiger partial charge is 0.175 e. The van der Waals surface area contributed by atoms with Gasteiger partial charge in [-0.15, -0.1) is 0 Å². The van der Waals surface area contributed by atoms with Gasteiger partial charge in [0.1, 0.15) is 18.1 Å². The highest BCUT2D eigenvalue weighted by molar-refractivity contribution is 5.82. The predicted molar refractivity (Wildman–Crippen MR) is 62.4 cm³/mol. The molecule has 0 amide bonds. The van der Waals surface area contributed by atoms with Crippen molar-refractivity contribution in [3.05, 3.63) is 24.3 Å². The number of ether oxygens (including phenoxy) is 3. The molecule has 17 heavy (non-hydrogen) atoms. The van der Waals surface area contributed by atoms with Crippen molar-refractivity contribution in [2.45, 2.75) is 6.42 Å². The average molecular weight is 236 g/mol. The van der Waals surface area contributed by atoms with Gasteiger partial charge in [0, 0.05) is 12.5 Å². The van der Waals surface area contributed by atoms with E-state index in [1.807, 2.05) is 0 Å². The lowest BCUT2D eigenvalue weighted by atomic mass is 10.0. The summed E-state index contributed by atoms with van der Waals surface area (Å²) in [6.45, 7) is 1.32. The number of rotatable bonds is 5. The van der Waals surface area contributed by atoms with E-state index < -0.39 is 0 Å². The van der Waals surface area contributed by atoms with E-state index in [1.54, 1.807) is 31.4 Å². The van der Waals surface area contributed by atoms with E-state index in [1.165, 1.54) is 0 Å². The second-order valence-electron chi connectivity index (χ2n) is 3.99. The fourth-order valence-electron chi connectivity index (χ4n) is 1.73. The van der Waals surface area contributed by atoms with Crippen molar-refractivity contribution in [2.75, 3.05) is 26.9 Å². The van der Waals surface area contributed by atoms with Gasteiger partial charge in [0.2, 0.25) is 0 Å². The molecule has 1 saturated heterocycles. The highest BCUT2D eigenvalue weighted by atomic mass is 16.5. The number of methoxy groups -OCH3 is 1. The summed E-state index contributed by atoms with van der Waals surface area (Å²) in [7, 11) is 1.61. The molecule has 0 aliphatic carbocycles. The molecule has 1 heterocycles. The van der Waals surface area contributed by atoms with Crippen molar-refractivity contribution in [1.82, 2.24) is 0 Å². The number of hydrogen-bond acceptors (Lipinski definition) is 4. The van der Waals surface area contributed by atoms with Crippen molar-refractivity contribution in [1.29, 1.82) is 0 Å². The van der Waals surface area contributed by atoms with E-state index in [4.69, 9.17) is 14.2 Å². The van der Waals surface area contributed by atoms with Crippen molar-refractivity contribution >= 4 is 5.78 Å². The van der Waals surface area contributed by atoms with Crippen LogP contribution in [-0.2, 0) is 9.53 Å². The molecule has 4 heteroatoms. The number of Topliss-reactive ketones (excluding diaryl/α,β-unsaturated/α-hetero) is 1. The number of ketones is 1. The second kappa shape index (κ2) is 5.68. The Labute approximate surface area is 100 Å². The van der Waals surface area contributed by atoms with Gasteiger partial charge in [0.25, 0.3) is 0 Å². The van der Waals surface area contributed by atoms with Crippen LogP contribution in [0, 0.1) is 5.92 Å². The molecule has 0 bridgehead atoms. The van der Waals surface area contributed by atoms with Crippen LogP contribution in [-0.4, -0.2) is 32.7 Å². The van der Waals surface area contributed by atoms with E-state index in [9.17, 15) is 4.79 Å². The van der Waals surface area contributed by atoms with Crippen LogP contribution in [0.3, 0.4) is 0 Å². The Balaban J connectivity index is 1.82. The zero-order valence-corrected chi connectivity index (χ0v) is 9.85. The molecule has 1 aliphatic rings. The van der Waals surface area contributed by atoms with Gasteiger partial charge in [0.15, 0.2) is 5.78 Å². The van der Waals surface area contributed by atoms with E-state index in [0.29, 0.717) is 19.0 Å². The first kappa shape index (κ1) is 11.9. The lowest BCUT2D eigenvalue weighted by Crippen LogP contribution is -2.21. The number of benzene rings is 1. The molecule has 0 radical (unpaired) electrons. The lowest BCUT2D eigenvalue weighted by Gasteiger charge is -2.09. The van der Waals surface area contributed by atoms with Gasteiger partial charge in [0.05, 0.1) is 13.7 Å². The number of carbonyl (C=O) groups is 1. The average Bonchev–Trinajstić information content (AvgIpc) is 2.90. The van der Waals surface area contributed by atoms with Crippen molar-refractivity contribution in [3.8, 4) is 11.5 Å². The summed E-state index contributed by atoms with van der Waals surface area (Å²) in [5, 5.41) is 0. The molecule has 0 saturated carbocycles. The molecule has 1 aromatic rings. The maximum Gasteiger partial charge on any atom is 0.175 e. The number of carbonyl (C=O) groups excluding carboxylic acids is 1. The van der Waals surface area contributed by atoms with E-state index in [2.05, 4.69) is 0 Å². The Morgan fingerprint density at radius 2 is 2.06 bits per heavy atom. The summed E-state index contributed by atoms with van der Waals surface area (Å²) in [6, 6.07) is 7.19. The van der Waals surface area contributed by atoms with E-state index in [-0.39, 0.29) is 18.3 Å². The molecule has 1 atom stereocenters. The third-order valence-corrected chi connectivity index (χ3v) is 2.83. The van der Waals surface area contributed by atoms with Gasteiger partial charge < -0.3 is 14.2 Å². The Morgan fingerprint density at radius 1 is 1.35 bits per heavy atom. The van der Waals surface area contributed by atoms with Crippen LogP contribution in [0.4, 0.5) is 0 Å². The molecule has 0 aromatic heterocycles. The molecular weight excluding hydrogens is 220 g/mol. The number of hydrogen-bond donors (Lipinski definition) is 0. The van der Waals surface area contributed by atoms with Crippen molar-refractivity contribution < 1.29 is 19.0 Å². The first-order valence-corrected chi connectivity index (χ1v) is 5.67. The monoisotopic (exact) mass is 236 g/mol. The van der Waals surface area contributed by atoms with Crippen molar-refractivity contribution in [3.63, 3.8) is 0 Å². The summed E-state index contributed by atoms with van der Waals surface area (Å²) in [4.78, 5) is 11.7. The summed E-state index contributed by atoms with van der Waals surface area (Å²) in [6.07, 6.45) is 0.810. The molecule has 2 rings (SSSR count). The Bertz CT molecular complexity index is 366. The third kappa shape index (κ3) is 3.20. The largest absolute Gasteiger partial charge is 0.497 e. The minimum Gasteiger partial charge on any atom is -0.497 e. The van der Waals surface area contributed by atoms with E-state index >= 15 is 0 Å². The maximum absolute atomic E-state index is 11.7. The van der Waals surface area contributed by atoms with Gasteiger partial charge in [-0.3, -0.25) is 4.79 Å².